The lowest BCUT2D eigenvalue weighted by atomic mass is 10.1. The van der Waals surface area contributed by atoms with Crippen molar-refractivity contribution in [3.8, 4) is 0 Å². The monoisotopic (exact) mass is 308 g/mol. The highest BCUT2D eigenvalue weighted by atomic mass is 35.5. The topological polar surface area (TPSA) is 90.1 Å². The van der Waals surface area contributed by atoms with Gasteiger partial charge in [0.15, 0.2) is 0 Å². The van der Waals surface area contributed by atoms with Crippen LogP contribution in [0.25, 0.3) is 0 Å². The molecule has 1 heterocycles. The van der Waals surface area contributed by atoms with Crippen molar-refractivity contribution in [2.45, 2.75) is 19.9 Å². The Hall–Kier alpha value is -2.41. The van der Waals surface area contributed by atoms with Crippen LogP contribution in [0.2, 0.25) is 5.02 Å². The fraction of sp³-hybridized carbons (Fsp3) is 0.231. The van der Waals surface area contributed by atoms with Crippen molar-refractivity contribution >= 4 is 28.9 Å². The summed E-state index contributed by atoms with van der Waals surface area (Å²) in [6.45, 7) is 3.37. The van der Waals surface area contributed by atoms with Gasteiger partial charge in [0.25, 0.3) is 5.69 Å². The normalized spacial score (nSPS) is 12.0. The summed E-state index contributed by atoms with van der Waals surface area (Å²) in [6.07, 6.45) is 3.00. The van der Waals surface area contributed by atoms with E-state index in [4.69, 9.17) is 11.6 Å². The van der Waals surface area contributed by atoms with Gasteiger partial charge in [-0.05, 0) is 25.5 Å². The van der Waals surface area contributed by atoms with Gasteiger partial charge in [0.2, 0.25) is 5.91 Å². The lowest BCUT2D eigenvalue weighted by molar-refractivity contribution is -0.384. The van der Waals surface area contributed by atoms with Crippen LogP contribution in [-0.4, -0.2) is 20.6 Å². The number of benzene rings is 1. The first-order valence-electron chi connectivity index (χ1n) is 6.14. The van der Waals surface area contributed by atoms with Crippen LogP contribution in [0.15, 0.2) is 30.6 Å². The van der Waals surface area contributed by atoms with Gasteiger partial charge in [0, 0.05) is 24.0 Å². The molecule has 0 saturated carbocycles. The van der Waals surface area contributed by atoms with Crippen molar-refractivity contribution < 1.29 is 9.72 Å². The van der Waals surface area contributed by atoms with Crippen molar-refractivity contribution in [1.82, 2.24) is 9.78 Å². The number of carbonyl (C=O) groups is 1. The Bertz CT molecular complexity index is 698. The molecule has 1 aromatic carbocycles. The van der Waals surface area contributed by atoms with Crippen molar-refractivity contribution in [1.29, 1.82) is 0 Å². The Morgan fingerprint density at radius 3 is 2.76 bits per heavy atom. The molecule has 2 aromatic rings. The molecule has 1 atom stereocenters. The Kier molecular flexibility index (Phi) is 4.23. The average Bonchev–Trinajstić information content (AvgIpc) is 2.86. The first-order chi connectivity index (χ1) is 9.88. The van der Waals surface area contributed by atoms with E-state index in [9.17, 15) is 14.9 Å². The molecule has 7 nitrogen and oxygen atoms in total. The number of nitrogens with one attached hydrogen (secondary N) is 1. The van der Waals surface area contributed by atoms with E-state index in [0.29, 0.717) is 16.3 Å². The summed E-state index contributed by atoms with van der Waals surface area (Å²) in [5, 5.41) is 17.8. The van der Waals surface area contributed by atoms with Gasteiger partial charge in [-0.3, -0.25) is 19.6 Å². The lowest BCUT2D eigenvalue weighted by Crippen LogP contribution is -2.24. The second-order valence-electron chi connectivity index (χ2n) is 4.56. The Balaban J connectivity index is 2.14. The van der Waals surface area contributed by atoms with E-state index in [1.807, 2.05) is 0 Å². The largest absolute Gasteiger partial charge is 0.324 e. The van der Waals surface area contributed by atoms with E-state index in [-0.39, 0.29) is 11.6 Å². The molecule has 0 fully saturated rings. The quantitative estimate of drug-likeness (QED) is 0.694. The SMILES string of the molecule is Cc1cc([N+](=O)[O-])ccc1NC(=O)C(C)n1cc(Cl)cn1. The summed E-state index contributed by atoms with van der Waals surface area (Å²) in [5.41, 5.74) is 1.12. The number of hydrogen-bond acceptors (Lipinski definition) is 4. The van der Waals surface area contributed by atoms with Gasteiger partial charge in [0.05, 0.1) is 16.1 Å². The summed E-state index contributed by atoms with van der Waals surface area (Å²) < 4.78 is 1.44. The fourth-order valence-electron chi connectivity index (χ4n) is 1.79. The fourth-order valence-corrected chi connectivity index (χ4v) is 1.93. The number of anilines is 1. The number of nitro benzene ring substituents is 1. The van der Waals surface area contributed by atoms with E-state index >= 15 is 0 Å². The molecule has 0 saturated heterocycles. The predicted molar refractivity (Wildman–Crippen MR) is 78.4 cm³/mol. The molecule has 0 aliphatic rings. The van der Waals surface area contributed by atoms with E-state index in [1.54, 1.807) is 20.0 Å². The van der Waals surface area contributed by atoms with Crippen LogP contribution in [0.5, 0.6) is 0 Å². The molecule has 0 spiro atoms. The number of carbonyl (C=O) groups excluding carboxylic acids is 1. The van der Waals surface area contributed by atoms with Gasteiger partial charge in [-0.15, -0.1) is 0 Å². The maximum Gasteiger partial charge on any atom is 0.269 e. The maximum atomic E-state index is 12.1. The average molecular weight is 309 g/mol. The number of aromatic nitrogens is 2. The number of hydrogen-bond donors (Lipinski definition) is 1. The zero-order valence-corrected chi connectivity index (χ0v) is 12.2. The highest BCUT2D eigenvalue weighted by Crippen LogP contribution is 2.22. The van der Waals surface area contributed by atoms with Gasteiger partial charge in [-0.25, -0.2) is 0 Å². The highest BCUT2D eigenvalue weighted by Gasteiger charge is 2.17. The van der Waals surface area contributed by atoms with Crippen LogP contribution in [0, 0.1) is 17.0 Å². The van der Waals surface area contributed by atoms with E-state index in [0.717, 1.165) is 0 Å². The summed E-state index contributed by atoms with van der Waals surface area (Å²) in [4.78, 5) is 22.3. The predicted octanol–water partition coefficient (Wildman–Crippen LogP) is 2.95. The molecule has 2 rings (SSSR count). The summed E-state index contributed by atoms with van der Waals surface area (Å²) in [7, 11) is 0. The van der Waals surface area contributed by atoms with Crippen LogP contribution >= 0.6 is 11.6 Å². The molecular weight excluding hydrogens is 296 g/mol. The van der Waals surface area contributed by atoms with Gasteiger partial charge in [-0.1, -0.05) is 11.6 Å². The third-order valence-electron chi connectivity index (χ3n) is 3.02. The minimum atomic E-state index is -0.549. The zero-order chi connectivity index (χ0) is 15.6. The van der Waals surface area contributed by atoms with E-state index < -0.39 is 11.0 Å². The Labute approximate surface area is 125 Å². The molecule has 0 radical (unpaired) electrons. The number of halogens is 1. The van der Waals surface area contributed by atoms with Crippen LogP contribution in [0.3, 0.4) is 0 Å². The number of nitro groups is 1. The minimum Gasteiger partial charge on any atom is -0.324 e. The van der Waals surface area contributed by atoms with E-state index in [2.05, 4.69) is 10.4 Å². The maximum absolute atomic E-state index is 12.1. The number of amides is 1. The van der Waals surface area contributed by atoms with E-state index in [1.165, 1.54) is 29.1 Å². The molecule has 1 aromatic heterocycles. The third kappa shape index (κ3) is 3.38. The van der Waals surface area contributed by atoms with Gasteiger partial charge < -0.3 is 5.32 Å². The highest BCUT2D eigenvalue weighted by molar-refractivity contribution is 6.30. The van der Waals surface area contributed by atoms with Gasteiger partial charge in [0.1, 0.15) is 6.04 Å². The lowest BCUT2D eigenvalue weighted by Gasteiger charge is -2.14. The number of rotatable bonds is 4. The minimum absolute atomic E-state index is 0.0163. The van der Waals surface area contributed by atoms with Gasteiger partial charge >= 0.3 is 0 Å². The van der Waals surface area contributed by atoms with Crippen LogP contribution in [0.4, 0.5) is 11.4 Å². The summed E-state index contributed by atoms with van der Waals surface area (Å²) in [5.74, 6) is -0.285. The van der Waals surface area contributed by atoms with Crippen molar-refractivity contribution in [2.24, 2.45) is 0 Å². The second-order valence-corrected chi connectivity index (χ2v) is 5.00. The molecule has 0 bridgehead atoms. The molecule has 8 heteroatoms. The smallest absolute Gasteiger partial charge is 0.269 e. The number of aryl methyl sites for hydroxylation is 1. The van der Waals surface area contributed by atoms with Crippen molar-refractivity contribution in [3.63, 3.8) is 0 Å². The summed E-state index contributed by atoms with van der Waals surface area (Å²) in [6, 6.07) is 3.71. The Morgan fingerprint density at radius 1 is 1.52 bits per heavy atom. The first-order valence-corrected chi connectivity index (χ1v) is 6.52. The Morgan fingerprint density at radius 2 is 2.24 bits per heavy atom. The third-order valence-corrected chi connectivity index (χ3v) is 3.22. The molecule has 1 amide bonds. The molecule has 110 valence electrons. The van der Waals surface area contributed by atoms with Crippen LogP contribution in [-0.2, 0) is 4.79 Å². The number of nitrogens with zero attached hydrogens (tertiary/aromatic N) is 3. The second kappa shape index (κ2) is 5.92. The molecule has 0 aliphatic heterocycles. The molecule has 1 N–H and O–H groups in total. The molecular formula is C13H13ClN4O3. The standard InChI is InChI=1S/C13H13ClN4O3/c1-8-5-11(18(20)21)3-4-12(8)16-13(19)9(2)17-7-10(14)6-15-17/h3-7,9H,1-2H3,(H,16,19). The number of non-ortho nitro benzene ring substituents is 1. The van der Waals surface area contributed by atoms with Crippen LogP contribution < -0.4 is 5.32 Å². The van der Waals surface area contributed by atoms with Gasteiger partial charge in [-0.2, -0.15) is 5.10 Å². The first kappa shape index (κ1) is 15.0. The molecule has 0 aliphatic carbocycles. The van der Waals surface area contributed by atoms with Crippen molar-refractivity contribution in [2.75, 3.05) is 5.32 Å². The van der Waals surface area contributed by atoms with Crippen molar-refractivity contribution in [3.05, 3.63) is 51.3 Å². The molecule has 1 unspecified atom stereocenters. The summed E-state index contributed by atoms with van der Waals surface area (Å²) >= 11 is 5.76. The zero-order valence-electron chi connectivity index (χ0n) is 11.4. The van der Waals surface area contributed by atoms with Crippen LogP contribution in [0.1, 0.15) is 18.5 Å². The molecule has 21 heavy (non-hydrogen) atoms.